The number of nitrogens with zero attached hydrogens (tertiary/aromatic N) is 2. The zero-order chi connectivity index (χ0) is 18.6. The summed E-state index contributed by atoms with van der Waals surface area (Å²) < 4.78 is 13.9. The highest BCUT2D eigenvalue weighted by Gasteiger charge is 2.59. The van der Waals surface area contributed by atoms with Crippen LogP contribution in [0.4, 0.5) is 4.39 Å². The van der Waals surface area contributed by atoms with Gasteiger partial charge in [0.25, 0.3) is 0 Å². The van der Waals surface area contributed by atoms with Gasteiger partial charge in [-0.3, -0.25) is 19.3 Å². The number of amides is 3. The molecular formula is C19H18ClFN2O3. The molecule has 2 aliphatic carbocycles. The molecule has 2 fully saturated rings. The third-order valence-corrected chi connectivity index (χ3v) is 6.09. The van der Waals surface area contributed by atoms with Crippen molar-refractivity contribution in [1.82, 2.24) is 9.80 Å². The van der Waals surface area contributed by atoms with E-state index in [4.69, 9.17) is 11.6 Å². The van der Waals surface area contributed by atoms with Crippen LogP contribution in [-0.4, -0.2) is 41.1 Å². The summed E-state index contributed by atoms with van der Waals surface area (Å²) in [7, 11) is 1.50. The smallest absolute Gasteiger partial charge is 0.242 e. The van der Waals surface area contributed by atoms with E-state index in [1.165, 1.54) is 24.1 Å². The number of likely N-dealkylation sites (tertiary alicyclic amines) is 1. The highest BCUT2D eigenvalue weighted by Crippen LogP contribution is 2.52. The predicted octanol–water partition coefficient (Wildman–Crippen LogP) is 2.24. The van der Waals surface area contributed by atoms with Crippen LogP contribution in [0.1, 0.15) is 12.0 Å². The molecule has 4 unspecified atom stereocenters. The van der Waals surface area contributed by atoms with Gasteiger partial charge in [-0.1, -0.05) is 29.8 Å². The Morgan fingerprint density at radius 2 is 1.85 bits per heavy atom. The van der Waals surface area contributed by atoms with Crippen LogP contribution in [0.2, 0.25) is 5.02 Å². The maximum absolute atomic E-state index is 13.9. The standard InChI is InChI=1S/C19H18ClFN2O3/c1-22(8-12-13(20)3-2-4-14(12)21)15(24)9-23-18(25)16-10-5-6-11(7-10)17(16)19(23)26/h2-6,10-11,16-17H,7-9H2,1H3. The van der Waals surface area contributed by atoms with Crippen LogP contribution in [0.5, 0.6) is 0 Å². The average Bonchev–Trinajstić information content (AvgIpc) is 3.28. The van der Waals surface area contributed by atoms with E-state index in [1.54, 1.807) is 6.07 Å². The summed E-state index contributed by atoms with van der Waals surface area (Å²) in [5, 5.41) is 0.232. The SMILES string of the molecule is CN(Cc1c(F)cccc1Cl)C(=O)CN1C(=O)C2C3C=CC(C3)C2C1=O. The molecule has 1 heterocycles. The minimum atomic E-state index is -0.498. The van der Waals surface area contributed by atoms with Gasteiger partial charge >= 0.3 is 0 Å². The molecule has 0 spiro atoms. The van der Waals surface area contributed by atoms with Gasteiger partial charge in [-0.15, -0.1) is 0 Å². The summed E-state index contributed by atoms with van der Waals surface area (Å²) in [4.78, 5) is 40.1. The molecule has 1 aromatic rings. The third-order valence-electron chi connectivity index (χ3n) is 5.74. The van der Waals surface area contributed by atoms with Crippen LogP contribution in [0, 0.1) is 29.5 Å². The molecule has 0 radical (unpaired) electrons. The number of fused-ring (bicyclic) bond motifs is 5. The van der Waals surface area contributed by atoms with Crippen LogP contribution in [0.3, 0.4) is 0 Å². The van der Waals surface area contributed by atoms with Crippen molar-refractivity contribution in [2.75, 3.05) is 13.6 Å². The number of likely N-dealkylation sites (N-methyl/N-ethyl adjacent to an activating group) is 1. The zero-order valence-corrected chi connectivity index (χ0v) is 14.9. The van der Waals surface area contributed by atoms with E-state index in [0.717, 1.165) is 11.3 Å². The maximum atomic E-state index is 13.9. The molecule has 1 aromatic carbocycles. The first kappa shape index (κ1) is 17.2. The van der Waals surface area contributed by atoms with Crippen molar-refractivity contribution in [1.29, 1.82) is 0 Å². The minimum absolute atomic E-state index is 0.0276. The van der Waals surface area contributed by atoms with E-state index in [9.17, 15) is 18.8 Å². The Hall–Kier alpha value is -2.21. The highest BCUT2D eigenvalue weighted by atomic mass is 35.5. The second-order valence-electron chi connectivity index (χ2n) is 7.21. The molecule has 3 aliphatic rings. The van der Waals surface area contributed by atoms with Crippen LogP contribution in [0.25, 0.3) is 0 Å². The molecule has 5 nitrogen and oxygen atoms in total. The number of carbonyl (C=O) groups is 3. The maximum Gasteiger partial charge on any atom is 0.242 e. The molecule has 3 amide bonds. The number of imide groups is 1. The summed E-state index contributed by atoms with van der Waals surface area (Å²) in [6.45, 7) is -0.340. The largest absolute Gasteiger partial charge is 0.340 e. The Kier molecular flexibility index (Phi) is 4.10. The lowest BCUT2D eigenvalue weighted by molar-refractivity contribution is -0.146. The molecule has 4 rings (SSSR count). The van der Waals surface area contributed by atoms with E-state index in [2.05, 4.69) is 0 Å². The van der Waals surface area contributed by atoms with Crippen molar-refractivity contribution in [3.63, 3.8) is 0 Å². The first-order valence-corrected chi connectivity index (χ1v) is 8.96. The number of halogens is 2. The lowest BCUT2D eigenvalue weighted by Crippen LogP contribution is -2.42. The van der Waals surface area contributed by atoms with E-state index in [-0.39, 0.29) is 59.2 Å². The molecular weight excluding hydrogens is 359 g/mol. The quantitative estimate of drug-likeness (QED) is 0.598. The van der Waals surface area contributed by atoms with Crippen LogP contribution in [-0.2, 0) is 20.9 Å². The lowest BCUT2D eigenvalue weighted by atomic mass is 9.85. The third kappa shape index (κ3) is 2.55. The Labute approximate surface area is 155 Å². The number of carbonyl (C=O) groups excluding carboxylic acids is 3. The molecule has 4 atom stereocenters. The fourth-order valence-corrected chi connectivity index (χ4v) is 4.61. The van der Waals surface area contributed by atoms with Gasteiger partial charge in [0.1, 0.15) is 12.4 Å². The highest BCUT2D eigenvalue weighted by molar-refractivity contribution is 6.31. The molecule has 0 N–H and O–H groups in total. The monoisotopic (exact) mass is 376 g/mol. The Balaban J connectivity index is 1.45. The van der Waals surface area contributed by atoms with Gasteiger partial charge in [-0.05, 0) is 30.4 Å². The fraction of sp³-hybridized carbons (Fsp3) is 0.421. The van der Waals surface area contributed by atoms with E-state index >= 15 is 0 Å². The van der Waals surface area contributed by atoms with Gasteiger partial charge < -0.3 is 4.90 Å². The summed E-state index contributed by atoms with van der Waals surface area (Å²) >= 11 is 6.00. The minimum Gasteiger partial charge on any atom is -0.340 e. The second kappa shape index (κ2) is 6.20. The van der Waals surface area contributed by atoms with Crippen molar-refractivity contribution in [3.8, 4) is 0 Å². The molecule has 7 heteroatoms. The number of benzene rings is 1. The number of rotatable bonds is 4. The van der Waals surface area contributed by atoms with Crippen LogP contribution >= 0.6 is 11.6 Å². The Bertz CT molecular complexity index is 790. The molecule has 1 aliphatic heterocycles. The van der Waals surface area contributed by atoms with Crippen molar-refractivity contribution >= 4 is 29.3 Å². The Morgan fingerprint density at radius 3 is 2.42 bits per heavy atom. The summed E-state index contributed by atoms with van der Waals surface area (Å²) in [5.74, 6) is -1.87. The molecule has 26 heavy (non-hydrogen) atoms. The summed E-state index contributed by atoms with van der Waals surface area (Å²) in [6.07, 6.45) is 4.86. The number of allylic oxidation sites excluding steroid dienone is 2. The molecule has 1 saturated carbocycles. The van der Waals surface area contributed by atoms with Crippen LogP contribution in [0.15, 0.2) is 30.4 Å². The van der Waals surface area contributed by atoms with Crippen LogP contribution < -0.4 is 0 Å². The van der Waals surface area contributed by atoms with Crippen molar-refractivity contribution in [3.05, 3.63) is 46.8 Å². The van der Waals surface area contributed by atoms with Gasteiger partial charge in [0, 0.05) is 24.2 Å². The average molecular weight is 377 g/mol. The van der Waals surface area contributed by atoms with Gasteiger partial charge in [-0.25, -0.2) is 4.39 Å². The van der Waals surface area contributed by atoms with Gasteiger partial charge in [0.15, 0.2) is 0 Å². The predicted molar refractivity (Wildman–Crippen MR) is 92.3 cm³/mol. The van der Waals surface area contributed by atoms with Crippen molar-refractivity contribution in [2.24, 2.45) is 23.7 Å². The van der Waals surface area contributed by atoms with E-state index < -0.39 is 11.7 Å². The van der Waals surface area contributed by atoms with E-state index in [1.807, 2.05) is 12.2 Å². The summed E-state index contributed by atoms with van der Waals surface area (Å²) in [6, 6.07) is 4.32. The zero-order valence-electron chi connectivity index (χ0n) is 14.2. The van der Waals surface area contributed by atoms with Crippen molar-refractivity contribution in [2.45, 2.75) is 13.0 Å². The van der Waals surface area contributed by atoms with Crippen molar-refractivity contribution < 1.29 is 18.8 Å². The van der Waals surface area contributed by atoms with E-state index in [0.29, 0.717) is 0 Å². The topological polar surface area (TPSA) is 57.7 Å². The van der Waals surface area contributed by atoms with Gasteiger partial charge in [-0.2, -0.15) is 0 Å². The normalized spacial score (nSPS) is 28.8. The first-order valence-electron chi connectivity index (χ1n) is 8.59. The Morgan fingerprint density at radius 1 is 1.23 bits per heavy atom. The number of hydrogen-bond acceptors (Lipinski definition) is 3. The van der Waals surface area contributed by atoms with Gasteiger partial charge in [0.05, 0.1) is 11.8 Å². The molecule has 2 bridgehead atoms. The molecule has 136 valence electrons. The number of hydrogen-bond donors (Lipinski definition) is 0. The lowest BCUT2D eigenvalue weighted by Gasteiger charge is -2.22. The molecule has 0 aromatic heterocycles. The first-order chi connectivity index (χ1) is 12.4. The fourth-order valence-electron chi connectivity index (χ4n) is 4.38. The van der Waals surface area contributed by atoms with Gasteiger partial charge in [0.2, 0.25) is 17.7 Å². The molecule has 1 saturated heterocycles. The second-order valence-corrected chi connectivity index (χ2v) is 7.62. The summed E-state index contributed by atoms with van der Waals surface area (Å²) in [5.41, 5.74) is 0.211.